The van der Waals surface area contributed by atoms with E-state index in [4.69, 9.17) is 0 Å². The zero-order valence-corrected chi connectivity index (χ0v) is 9.80. The monoisotopic (exact) mass is 223 g/mol. The van der Waals surface area contributed by atoms with Crippen molar-refractivity contribution in [3.8, 4) is 0 Å². The van der Waals surface area contributed by atoms with E-state index >= 15 is 0 Å². The van der Waals surface area contributed by atoms with Crippen molar-refractivity contribution >= 4 is 23.3 Å². The highest BCUT2D eigenvalue weighted by molar-refractivity contribution is 8.13. The fraction of sp³-hybridized carbons (Fsp3) is 0.273. The minimum atomic E-state index is -0.0765. The number of aryl methyl sites for hydroxylation is 1. The molecule has 0 bridgehead atoms. The van der Waals surface area contributed by atoms with Gasteiger partial charge < -0.3 is 4.90 Å². The van der Waals surface area contributed by atoms with Gasteiger partial charge in [0.05, 0.1) is 0 Å². The first-order valence-electron chi connectivity index (χ1n) is 4.50. The van der Waals surface area contributed by atoms with E-state index in [2.05, 4.69) is 0 Å². The van der Waals surface area contributed by atoms with Gasteiger partial charge in [-0.2, -0.15) is 0 Å². The predicted octanol–water partition coefficient (Wildman–Crippen LogP) is 2.58. The van der Waals surface area contributed by atoms with Gasteiger partial charge in [-0.3, -0.25) is 9.59 Å². The molecule has 0 radical (unpaired) electrons. The van der Waals surface area contributed by atoms with Gasteiger partial charge >= 0.3 is 0 Å². The molecule has 0 atom stereocenters. The van der Waals surface area contributed by atoms with Crippen molar-refractivity contribution in [2.24, 2.45) is 0 Å². The van der Waals surface area contributed by atoms with Gasteiger partial charge in [-0.1, -0.05) is 18.2 Å². The van der Waals surface area contributed by atoms with Gasteiger partial charge in [0.15, 0.2) is 6.29 Å². The summed E-state index contributed by atoms with van der Waals surface area (Å²) >= 11 is 1.09. The zero-order valence-electron chi connectivity index (χ0n) is 8.98. The lowest BCUT2D eigenvalue weighted by Gasteiger charge is -2.11. The molecule has 4 heteroatoms. The molecule has 0 heterocycles. The first-order chi connectivity index (χ1) is 7.06. The second kappa shape index (κ2) is 4.98. The molecule has 1 aromatic carbocycles. The molecule has 80 valence electrons. The smallest absolute Gasteiger partial charge is 0.285 e. The average Bonchev–Trinajstić information content (AvgIpc) is 2.20. The first kappa shape index (κ1) is 11.8. The van der Waals surface area contributed by atoms with Crippen LogP contribution in [-0.2, 0) is 0 Å². The molecule has 0 aromatic heterocycles. The lowest BCUT2D eigenvalue weighted by molar-refractivity contribution is 0.112. The van der Waals surface area contributed by atoms with E-state index in [0.717, 1.165) is 28.5 Å². The number of thioether (sulfide) groups is 1. The normalized spacial score (nSPS) is 9.80. The molecule has 1 aromatic rings. The van der Waals surface area contributed by atoms with Crippen LogP contribution in [0.25, 0.3) is 0 Å². The molecule has 0 saturated heterocycles. The Morgan fingerprint density at radius 2 is 2.07 bits per heavy atom. The van der Waals surface area contributed by atoms with Crippen molar-refractivity contribution in [2.75, 3.05) is 14.1 Å². The maximum absolute atomic E-state index is 11.5. The maximum Gasteiger partial charge on any atom is 0.285 e. The molecule has 0 aliphatic heterocycles. The standard InChI is InChI=1S/C11H13NO2S/c1-8-5-4-6-9(7-13)10(8)15-11(14)12(2)3/h4-7H,1-3H3. The minimum Gasteiger partial charge on any atom is -0.339 e. The van der Waals surface area contributed by atoms with Crippen LogP contribution in [-0.4, -0.2) is 30.5 Å². The lowest BCUT2D eigenvalue weighted by atomic mass is 10.1. The van der Waals surface area contributed by atoms with Crippen molar-refractivity contribution in [3.63, 3.8) is 0 Å². The van der Waals surface area contributed by atoms with Crippen molar-refractivity contribution in [3.05, 3.63) is 29.3 Å². The van der Waals surface area contributed by atoms with Crippen LogP contribution in [0.2, 0.25) is 0 Å². The Bertz CT molecular complexity index is 388. The Balaban J connectivity index is 3.02. The molecule has 0 fully saturated rings. The molecule has 0 N–H and O–H groups in total. The minimum absolute atomic E-state index is 0.0765. The predicted molar refractivity (Wildman–Crippen MR) is 61.5 cm³/mol. The number of nitrogens with zero attached hydrogens (tertiary/aromatic N) is 1. The van der Waals surface area contributed by atoms with E-state index in [1.165, 1.54) is 4.90 Å². The molecule has 0 unspecified atom stereocenters. The summed E-state index contributed by atoms with van der Waals surface area (Å²) in [5.74, 6) is 0. The van der Waals surface area contributed by atoms with Gasteiger partial charge in [0.25, 0.3) is 5.24 Å². The van der Waals surface area contributed by atoms with Gasteiger partial charge in [-0.25, -0.2) is 0 Å². The lowest BCUT2D eigenvalue weighted by Crippen LogP contribution is -2.16. The third kappa shape index (κ3) is 2.83. The van der Waals surface area contributed by atoms with Gasteiger partial charge in [0.2, 0.25) is 0 Å². The number of amides is 1. The summed E-state index contributed by atoms with van der Waals surface area (Å²) in [5, 5.41) is -0.0765. The average molecular weight is 223 g/mol. The van der Waals surface area contributed by atoms with Gasteiger partial charge in [0, 0.05) is 24.6 Å². The zero-order chi connectivity index (χ0) is 11.4. The Kier molecular flexibility index (Phi) is 3.91. The number of benzene rings is 1. The highest BCUT2D eigenvalue weighted by atomic mass is 32.2. The SMILES string of the molecule is Cc1cccc(C=O)c1SC(=O)N(C)C. The summed E-state index contributed by atoms with van der Waals surface area (Å²) in [6.45, 7) is 1.89. The van der Waals surface area contributed by atoms with Crippen LogP contribution >= 0.6 is 11.8 Å². The third-order valence-corrected chi connectivity index (χ3v) is 3.23. The van der Waals surface area contributed by atoms with Crippen molar-refractivity contribution in [2.45, 2.75) is 11.8 Å². The molecule has 15 heavy (non-hydrogen) atoms. The maximum atomic E-state index is 11.5. The Morgan fingerprint density at radius 3 is 2.60 bits per heavy atom. The Hall–Kier alpha value is -1.29. The molecule has 0 spiro atoms. The fourth-order valence-corrected chi connectivity index (χ4v) is 1.91. The number of hydrogen-bond donors (Lipinski definition) is 0. The van der Waals surface area contributed by atoms with Crippen LogP contribution in [0, 0.1) is 6.92 Å². The van der Waals surface area contributed by atoms with Crippen molar-refractivity contribution in [1.29, 1.82) is 0 Å². The fourth-order valence-electron chi connectivity index (χ4n) is 1.09. The van der Waals surface area contributed by atoms with Crippen LogP contribution in [0.4, 0.5) is 4.79 Å². The molecule has 1 rings (SSSR count). The molecule has 0 aliphatic rings. The van der Waals surface area contributed by atoms with Crippen LogP contribution in [0.5, 0.6) is 0 Å². The van der Waals surface area contributed by atoms with Gasteiger partial charge in [0.1, 0.15) is 0 Å². The molecule has 3 nitrogen and oxygen atoms in total. The number of aldehydes is 1. The first-order valence-corrected chi connectivity index (χ1v) is 5.32. The number of rotatable bonds is 2. The van der Waals surface area contributed by atoms with Gasteiger partial charge in [-0.05, 0) is 24.2 Å². The quantitative estimate of drug-likeness (QED) is 0.571. The summed E-state index contributed by atoms with van der Waals surface area (Å²) in [6.07, 6.45) is 0.776. The van der Waals surface area contributed by atoms with Crippen molar-refractivity contribution in [1.82, 2.24) is 4.90 Å². The molecule has 1 amide bonds. The Labute approximate surface area is 93.5 Å². The van der Waals surface area contributed by atoms with E-state index < -0.39 is 0 Å². The summed E-state index contributed by atoms with van der Waals surface area (Å²) in [5.41, 5.74) is 1.51. The number of carbonyl (C=O) groups excluding carboxylic acids is 2. The van der Waals surface area contributed by atoms with E-state index in [1.54, 1.807) is 20.2 Å². The molecule has 0 saturated carbocycles. The number of carbonyl (C=O) groups is 2. The third-order valence-electron chi connectivity index (χ3n) is 1.92. The summed E-state index contributed by atoms with van der Waals surface area (Å²) in [4.78, 5) is 24.5. The summed E-state index contributed by atoms with van der Waals surface area (Å²) in [7, 11) is 3.38. The molecule has 0 aliphatic carbocycles. The van der Waals surface area contributed by atoms with Crippen LogP contribution in [0.1, 0.15) is 15.9 Å². The van der Waals surface area contributed by atoms with Crippen LogP contribution < -0.4 is 0 Å². The molecular formula is C11H13NO2S. The van der Waals surface area contributed by atoms with E-state index in [-0.39, 0.29) is 5.24 Å². The van der Waals surface area contributed by atoms with E-state index in [0.29, 0.717) is 5.56 Å². The van der Waals surface area contributed by atoms with E-state index in [1.807, 2.05) is 19.1 Å². The van der Waals surface area contributed by atoms with Gasteiger partial charge in [-0.15, -0.1) is 0 Å². The van der Waals surface area contributed by atoms with Crippen LogP contribution in [0.3, 0.4) is 0 Å². The largest absolute Gasteiger partial charge is 0.339 e. The van der Waals surface area contributed by atoms with Crippen molar-refractivity contribution < 1.29 is 9.59 Å². The summed E-state index contributed by atoms with van der Waals surface area (Å²) < 4.78 is 0. The molecular weight excluding hydrogens is 210 g/mol. The number of hydrogen-bond acceptors (Lipinski definition) is 3. The summed E-state index contributed by atoms with van der Waals surface area (Å²) in [6, 6.07) is 5.41. The Morgan fingerprint density at radius 1 is 1.40 bits per heavy atom. The highest BCUT2D eigenvalue weighted by Crippen LogP contribution is 2.27. The highest BCUT2D eigenvalue weighted by Gasteiger charge is 2.12. The van der Waals surface area contributed by atoms with E-state index in [9.17, 15) is 9.59 Å². The topological polar surface area (TPSA) is 37.4 Å². The second-order valence-corrected chi connectivity index (χ2v) is 4.34. The van der Waals surface area contributed by atoms with Crippen LogP contribution in [0.15, 0.2) is 23.1 Å². The second-order valence-electron chi connectivity index (χ2n) is 3.37.